The average molecular weight is 290 g/mol. The van der Waals surface area contributed by atoms with Crippen molar-refractivity contribution in [3.63, 3.8) is 0 Å². The molecule has 1 saturated heterocycles. The molecule has 1 fully saturated rings. The maximum absolute atomic E-state index is 12.9. The summed E-state index contributed by atoms with van der Waals surface area (Å²) in [5.74, 6) is -0.505. The lowest BCUT2D eigenvalue weighted by Gasteiger charge is -2.31. The largest absolute Gasteiger partial charge is 0.352 e. The number of benzene rings is 1. The van der Waals surface area contributed by atoms with Crippen molar-refractivity contribution in [2.24, 2.45) is 5.92 Å². The van der Waals surface area contributed by atoms with Crippen LogP contribution < -0.4 is 5.32 Å². The average Bonchev–Trinajstić information content (AvgIpc) is 2.53. The third kappa shape index (κ3) is 3.90. The van der Waals surface area contributed by atoms with Crippen molar-refractivity contribution in [3.05, 3.63) is 48.3 Å². The van der Waals surface area contributed by atoms with Crippen molar-refractivity contribution in [2.75, 3.05) is 19.6 Å². The van der Waals surface area contributed by atoms with Gasteiger partial charge in [0.1, 0.15) is 5.82 Å². The van der Waals surface area contributed by atoms with Crippen molar-refractivity contribution < 1.29 is 14.0 Å². The molecule has 1 aliphatic heterocycles. The molecule has 0 saturated carbocycles. The predicted molar refractivity (Wildman–Crippen MR) is 78.2 cm³/mol. The van der Waals surface area contributed by atoms with E-state index in [1.54, 1.807) is 11.0 Å². The number of likely N-dealkylation sites (tertiary alicyclic amines) is 1. The molecule has 21 heavy (non-hydrogen) atoms. The first-order chi connectivity index (χ1) is 10.1. The summed E-state index contributed by atoms with van der Waals surface area (Å²) in [6.45, 7) is 5.11. The van der Waals surface area contributed by atoms with Crippen LogP contribution in [-0.2, 0) is 4.79 Å². The molecule has 2 rings (SSSR count). The number of piperidine rings is 1. The second-order valence-electron chi connectivity index (χ2n) is 5.11. The highest BCUT2D eigenvalue weighted by atomic mass is 19.1. The molecular formula is C16H19FN2O2. The number of carbonyl (C=O) groups is 2. The Labute approximate surface area is 123 Å². The van der Waals surface area contributed by atoms with Gasteiger partial charge in [0.05, 0.1) is 0 Å². The molecule has 1 heterocycles. The van der Waals surface area contributed by atoms with Crippen LogP contribution >= 0.6 is 0 Å². The van der Waals surface area contributed by atoms with E-state index < -0.39 is 0 Å². The molecule has 0 aromatic heterocycles. The second kappa shape index (κ2) is 7.02. The molecule has 5 heteroatoms. The molecule has 112 valence electrons. The Morgan fingerprint density at radius 1 is 1.29 bits per heavy atom. The Hall–Kier alpha value is -2.17. The molecule has 0 unspecified atom stereocenters. The lowest BCUT2D eigenvalue weighted by molar-refractivity contribution is -0.126. The number of amides is 2. The van der Waals surface area contributed by atoms with Crippen molar-refractivity contribution >= 4 is 11.8 Å². The molecule has 2 amide bonds. The summed E-state index contributed by atoms with van der Waals surface area (Å²) >= 11 is 0. The van der Waals surface area contributed by atoms with Crippen molar-refractivity contribution in [1.82, 2.24) is 10.2 Å². The highest BCUT2D eigenvalue weighted by Crippen LogP contribution is 2.19. The molecule has 0 bridgehead atoms. The fourth-order valence-electron chi connectivity index (χ4n) is 2.44. The van der Waals surface area contributed by atoms with E-state index in [1.165, 1.54) is 24.3 Å². The van der Waals surface area contributed by atoms with E-state index in [0.717, 1.165) is 0 Å². The monoisotopic (exact) mass is 290 g/mol. The maximum atomic E-state index is 12.9. The Bertz CT molecular complexity index is 520. The predicted octanol–water partition coefficient (Wildman–Crippen LogP) is 1.98. The lowest BCUT2D eigenvalue weighted by atomic mass is 9.95. The summed E-state index contributed by atoms with van der Waals surface area (Å²) < 4.78 is 12.9. The van der Waals surface area contributed by atoms with Crippen molar-refractivity contribution in [3.8, 4) is 0 Å². The fraction of sp³-hybridized carbons (Fsp3) is 0.375. The third-order valence-corrected chi connectivity index (χ3v) is 3.66. The van der Waals surface area contributed by atoms with Gasteiger partial charge in [0.15, 0.2) is 0 Å². The van der Waals surface area contributed by atoms with E-state index >= 15 is 0 Å². The van der Waals surface area contributed by atoms with E-state index in [2.05, 4.69) is 11.9 Å². The van der Waals surface area contributed by atoms with Gasteiger partial charge in [-0.1, -0.05) is 6.08 Å². The van der Waals surface area contributed by atoms with Crippen LogP contribution in [0.3, 0.4) is 0 Å². The topological polar surface area (TPSA) is 49.4 Å². The molecule has 0 aliphatic carbocycles. The molecular weight excluding hydrogens is 271 g/mol. The molecule has 4 nitrogen and oxygen atoms in total. The Morgan fingerprint density at radius 2 is 1.90 bits per heavy atom. The van der Waals surface area contributed by atoms with Gasteiger partial charge in [-0.25, -0.2) is 4.39 Å². The molecule has 1 aliphatic rings. The quantitative estimate of drug-likeness (QED) is 0.862. The van der Waals surface area contributed by atoms with Crippen LogP contribution in [-0.4, -0.2) is 36.3 Å². The molecule has 0 radical (unpaired) electrons. The SMILES string of the molecule is C=CCNC(=O)C1CCN(C(=O)c2ccc(F)cc2)CC1. The van der Waals surface area contributed by atoms with E-state index in [4.69, 9.17) is 0 Å². The lowest BCUT2D eigenvalue weighted by Crippen LogP contribution is -2.43. The number of nitrogens with zero attached hydrogens (tertiary/aromatic N) is 1. The van der Waals surface area contributed by atoms with Crippen molar-refractivity contribution in [1.29, 1.82) is 0 Å². The van der Waals surface area contributed by atoms with Gasteiger partial charge in [0, 0.05) is 31.1 Å². The normalized spacial score (nSPS) is 15.6. The van der Waals surface area contributed by atoms with Gasteiger partial charge in [-0.15, -0.1) is 6.58 Å². The number of nitrogens with one attached hydrogen (secondary N) is 1. The summed E-state index contributed by atoms with van der Waals surface area (Å²) in [7, 11) is 0. The number of halogens is 1. The maximum Gasteiger partial charge on any atom is 0.253 e. The first-order valence-electron chi connectivity index (χ1n) is 7.05. The van der Waals surface area contributed by atoms with Crippen molar-refractivity contribution in [2.45, 2.75) is 12.8 Å². The summed E-state index contributed by atoms with van der Waals surface area (Å²) in [6, 6.07) is 5.53. The Kier molecular flexibility index (Phi) is 5.09. The zero-order valence-corrected chi connectivity index (χ0v) is 11.8. The summed E-state index contributed by atoms with van der Waals surface area (Å²) in [6.07, 6.45) is 2.94. The molecule has 0 spiro atoms. The third-order valence-electron chi connectivity index (χ3n) is 3.66. The van der Waals surface area contributed by atoms with Crippen LogP contribution in [0.4, 0.5) is 4.39 Å². The van der Waals surface area contributed by atoms with Gasteiger partial charge in [0.2, 0.25) is 5.91 Å². The molecule has 1 N–H and O–H groups in total. The van der Waals surface area contributed by atoms with Crippen LogP contribution in [0.1, 0.15) is 23.2 Å². The van der Waals surface area contributed by atoms with Gasteiger partial charge >= 0.3 is 0 Å². The molecule has 1 aromatic carbocycles. The van der Waals surface area contributed by atoms with E-state index in [1.807, 2.05) is 0 Å². The number of hydrogen-bond donors (Lipinski definition) is 1. The van der Waals surface area contributed by atoms with Crippen LogP contribution in [0.15, 0.2) is 36.9 Å². The van der Waals surface area contributed by atoms with Gasteiger partial charge in [0.25, 0.3) is 5.91 Å². The highest BCUT2D eigenvalue weighted by Gasteiger charge is 2.27. The number of carbonyl (C=O) groups excluding carboxylic acids is 2. The Morgan fingerprint density at radius 3 is 2.48 bits per heavy atom. The first kappa shape index (κ1) is 15.2. The van der Waals surface area contributed by atoms with Gasteiger partial charge in [-0.2, -0.15) is 0 Å². The molecule has 1 aromatic rings. The minimum absolute atomic E-state index is 0.0174. The highest BCUT2D eigenvalue weighted by molar-refractivity contribution is 5.94. The summed E-state index contributed by atoms with van der Waals surface area (Å²) in [5, 5.41) is 2.78. The van der Waals surface area contributed by atoms with E-state index in [-0.39, 0.29) is 23.5 Å². The first-order valence-corrected chi connectivity index (χ1v) is 7.05. The van der Waals surface area contributed by atoms with E-state index in [9.17, 15) is 14.0 Å². The zero-order chi connectivity index (χ0) is 15.2. The van der Waals surface area contributed by atoms with Gasteiger partial charge in [-0.3, -0.25) is 9.59 Å². The van der Waals surface area contributed by atoms with Crippen LogP contribution in [0.2, 0.25) is 0 Å². The Balaban J connectivity index is 1.88. The van der Waals surface area contributed by atoms with Crippen LogP contribution in [0, 0.1) is 11.7 Å². The second-order valence-corrected chi connectivity index (χ2v) is 5.11. The number of hydrogen-bond acceptors (Lipinski definition) is 2. The molecule has 0 atom stereocenters. The minimum Gasteiger partial charge on any atom is -0.352 e. The standard InChI is InChI=1S/C16H19FN2O2/c1-2-9-18-15(20)12-7-10-19(11-8-12)16(21)13-3-5-14(17)6-4-13/h2-6,12H,1,7-11H2,(H,18,20). The van der Waals surface area contributed by atoms with Crippen LogP contribution in [0.5, 0.6) is 0 Å². The van der Waals surface area contributed by atoms with Crippen LogP contribution in [0.25, 0.3) is 0 Å². The van der Waals surface area contributed by atoms with Gasteiger partial charge < -0.3 is 10.2 Å². The van der Waals surface area contributed by atoms with Gasteiger partial charge in [-0.05, 0) is 37.1 Å². The smallest absolute Gasteiger partial charge is 0.253 e. The zero-order valence-electron chi connectivity index (χ0n) is 11.8. The fourth-order valence-corrected chi connectivity index (χ4v) is 2.44. The minimum atomic E-state index is -0.357. The summed E-state index contributed by atoms with van der Waals surface area (Å²) in [5.41, 5.74) is 0.478. The van der Waals surface area contributed by atoms with E-state index in [0.29, 0.717) is 38.0 Å². The number of rotatable bonds is 4. The summed E-state index contributed by atoms with van der Waals surface area (Å²) in [4.78, 5) is 25.8.